The third-order valence-electron chi connectivity index (χ3n) is 5.16. The van der Waals surface area contributed by atoms with E-state index in [4.69, 9.17) is 44.3 Å². The van der Waals surface area contributed by atoms with Gasteiger partial charge in [0.05, 0.1) is 15.6 Å². The van der Waals surface area contributed by atoms with E-state index in [-0.39, 0.29) is 38.9 Å². The molecule has 0 amide bonds. The van der Waals surface area contributed by atoms with Crippen molar-refractivity contribution in [1.82, 2.24) is 0 Å². The molecule has 2 aliphatic rings. The summed E-state index contributed by atoms with van der Waals surface area (Å²) in [4.78, 5) is 12.8. The Bertz CT molecular complexity index is 1160. The van der Waals surface area contributed by atoms with E-state index in [0.717, 1.165) is 5.56 Å². The van der Waals surface area contributed by atoms with Crippen LogP contribution in [-0.4, -0.2) is 16.2 Å². The van der Waals surface area contributed by atoms with Crippen molar-refractivity contribution in [2.75, 3.05) is 0 Å². The average Bonchev–Trinajstić information content (AvgIpc) is 2.98. The zero-order chi connectivity index (χ0) is 20.5. The number of hydrogen-bond acceptors (Lipinski definition) is 5. The molecule has 0 atom stereocenters. The van der Waals surface area contributed by atoms with Gasteiger partial charge in [-0.05, 0) is 29.8 Å². The van der Waals surface area contributed by atoms with Gasteiger partial charge in [-0.2, -0.15) is 0 Å². The Morgan fingerprint density at radius 1 is 0.862 bits per heavy atom. The smallest absolute Gasteiger partial charge is 0.340 e. The molecule has 0 radical (unpaired) electrons. The molecule has 146 valence electrons. The van der Waals surface area contributed by atoms with E-state index in [9.17, 15) is 15.0 Å². The van der Waals surface area contributed by atoms with Gasteiger partial charge in [0, 0.05) is 34.7 Å². The highest BCUT2D eigenvalue weighted by atomic mass is 35.5. The number of halogens is 3. The van der Waals surface area contributed by atoms with Crippen LogP contribution in [0.1, 0.15) is 32.6 Å². The van der Waals surface area contributed by atoms with Crippen LogP contribution in [0.5, 0.6) is 23.0 Å². The van der Waals surface area contributed by atoms with Gasteiger partial charge in [0.15, 0.2) is 5.60 Å². The van der Waals surface area contributed by atoms with Crippen molar-refractivity contribution in [3.8, 4) is 23.0 Å². The number of rotatable bonds is 1. The minimum atomic E-state index is -1.42. The van der Waals surface area contributed by atoms with Crippen LogP contribution in [-0.2, 0) is 16.2 Å². The van der Waals surface area contributed by atoms with Gasteiger partial charge in [-0.15, -0.1) is 11.6 Å². The van der Waals surface area contributed by atoms with Gasteiger partial charge in [0.25, 0.3) is 0 Å². The van der Waals surface area contributed by atoms with Gasteiger partial charge in [-0.3, -0.25) is 0 Å². The molecule has 5 nitrogen and oxygen atoms in total. The summed E-state index contributed by atoms with van der Waals surface area (Å²) in [6, 6.07) is 10.9. The molecule has 0 bridgehead atoms. The van der Waals surface area contributed by atoms with Gasteiger partial charge in [0.2, 0.25) is 0 Å². The first-order chi connectivity index (χ1) is 13.8. The van der Waals surface area contributed by atoms with E-state index in [1.807, 2.05) is 0 Å². The molecule has 0 saturated carbocycles. The Balaban J connectivity index is 1.93. The third-order valence-corrected chi connectivity index (χ3v) is 6.07. The molecule has 0 aliphatic carbocycles. The third kappa shape index (κ3) is 2.45. The van der Waals surface area contributed by atoms with Crippen LogP contribution in [0.3, 0.4) is 0 Å². The molecule has 2 heterocycles. The van der Waals surface area contributed by atoms with E-state index < -0.39 is 11.6 Å². The molecule has 2 N–H and O–H groups in total. The van der Waals surface area contributed by atoms with Crippen LogP contribution in [0, 0.1) is 0 Å². The lowest BCUT2D eigenvalue weighted by molar-refractivity contribution is 0.0224. The van der Waals surface area contributed by atoms with E-state index in [1.54, 1.807) is 18.2 Å². The van der Waals surface area contributed by atoms with Crippen LogP contribution in [0.2, 0.25) is 10.0 Å². The van der Waals surface area contributed by atoms with Crippen molar-refractivity contribution in [3.63, 3.8) is 0 Å². The molecule has 3 aromatic carbocycles. The Morgan fingerprint density at radius 2 is 1.45 bits per heavy atom. The van der Waals surface area contributed by atoms with Crippen LogP contribution in [0.15, 0.2) is 42.5 Å². The fourth-order valence-corrected chi connectivity index (χ4v) is 4.35. The molecule has 0 fully saturated rings. The predicted molar refractivity (Wildman–Crippen MR) is 108 cm³/mol. The molecule has 29 heavy (non-hydrogen) atoms. The number of fused-ring (bicyclic) bond motifs is 6. The number of phenolic OH excluding ortho intramolecular Hbond substituents is 2. The number of carbonyl (C=O) groups is 1. The summed E-state index contributed by atoms with van der Waals surface area (Å²) in [5.74, 6) is -0.215. The highest BCUT2D eigenvalue weighted by molar-refractivity contribution is 6.32. The molecule has 2 aliphatic heterocycles. The van der Waals surface area contributed by atoms with Gasteiger partial charge in [-0.1, -0.05) is 29.3 Å². The molecule has 3 aromatic rings. The van der Waals surface area contributed by atoms with Gasteiger partial charge < -0.3 is 19.7 Å². The first kappa shape index (κ1) is 18.4. The lowest BCUT2D eigenvalue weighted by atomic mass is 9.77. The van der Waals surface area contributed by atoms with E-state index in [2.05, 4.69) is 0 Å². The summed E-state index contributed by atoms with van der Waals surface area (Å²) in [6.07, 6.45) is 0. The maximum Gasteiger partial charge on any atom is 0.340 e. The summed E-state index contributed by atoms with van der Waals surface area (Å²) in [5, 5.41) is 20.3. The molecule has 5 rings (SSSR count). The van der Waals surface area contributed by atoms with Crippen molar-refractivity contribution in [1.29, 1.82) is 0 Å². The average molecular weight is 450 g/mol. The normalized spacial score (nSPS) is 15.3. The molecule has 1 spiro atoms. The largest absolute Gasteiger partial charge is 0.506 e. The second-order valence-electron chi connectivity index (χ2n) is 6.79. The SMILES string of the molecule is O=C1OC2(c3cc(Cl)c(O)cc3Oc3cc(O)c(Cl)cc32)c2cc(CCl)ccc21. The Morgan fingerprint density at radius 3 is 2.00 bits per heavy atom. The molecule has 0 unspecified atom stereocenters. The maximum atomic E-state index is 12.8. The van der Waals surface area contributed by atoms with Crippen molar-refractivity contribution < 1.29 is 24.5 Å². The number of hydrogen-bond donors (Lipinski definition) is 2. The molecule has 0 aromatic heterocycles. The molecule has 8 heteroatoms. The summed E-state index contributed by atoms with van der Waals surface area (Å²) in [5.41, 5.74) is 1.13. The molecular formula is C21H11Cl3O5. The Kier molecular flexibility index (Phi) is 3.94. The first-order valence-corrected chi connectivity index (χ1v) is 9.80. The lowest BCUT2D eigenvalue weighted by Crippen LogP contribution is -2.33. The number of carbonyl (C=O) groups excluding carboxylic acids is 1. The minimum absolute atomic E-state index is 0.0676. The van der Waals surface area contributed by atoms with Crippen LogP contribution < -0.4 is 4.74 Å². The monoisotopic (exact) mass is 448 g/mol. The number of esters is 1. The highest BCUT2D eigenvalue weighted by Gasteiger charge is 2.54. The summed E-state index contributed by atoms with van der Waals surface area (Å²) < 4.78 is 11.8. The van der Waals surface area contributed by atoms with E-state index >= 15 is 0 Å². The van der Waals surface area contributed by atoms with E-state index in [1.165, 1.54) is 24.3 Å². The summed E-state index contributed by atoms with van der Waals surface area (Å²) in [7, 11) is 0. The Hall–Kier alpha value is -2.60. The fraction of sp³-hybridized carbons (Fsp3) is 0.0952. The van der Waals surface area contributed by atoms with Crippen LogP contribution >= 0.6 is 34.8 Å². The Labute approximate surface area is 180 Å². The second-order valence-corrected chi connectivity index (χ2v) is 7.87. The molecular weight excluding hydrogens is 439 g/mol. The standard InChI is InChI=1S/C21H11Cl3O5/c22-8-9-1-2-10-11(3-9)21(29-20(10)27)12-4-14(23)16(25)6-18(12)28-19-7-17(26)15(24)5-13(19)21/h1-7,25-26H,8H2. The fourth-order valence-electron chi connectivity index (χ4n) is 3.86. The first-order valence-electron chi connectivity index (χ1n) is 8.51. The molecule has 0 saturated heterocycles. The number of alkyl halides is 1. The van der Waals surface area contributed by atoms with Gasteiger partial charge in [0.1, 0.15) is 23.0 Å². The quantitative estimate of drug-likeness (QED) is 0.367. The van der Waals surface area contributed by atoms with Crippen molar-refractivity contribution in [2.24, 2.45) is 0 Å². The number of aromatic hydroxyl groups is 2. The minimum Gasteiger partial charge on any atom is -0.506 e. The van der Waals surface area contributed by atoms with Gasteiger partial charge >= 0.3 is 5.97 Å². The topological polar surface area (TPSA) is 76.0 Å². The zero-order valence-electron chi connectivity index (χ0n) is 14.5. The summed E-state index contributed by atoms with van der Waals surface area (Å²) >= 11 is 18.4. The zero-order valence-corrected chi connectivity index (χ0v) is 16.8. The van der Waals surface area contributed by atoms with Crippen molar-refractivity contribution in [3.05, 3.63) is 80.3 Å². The van der Waals surface area contributed by atoms with Crippen LogP contribution in [0.4, 0.5) is 0 Å². The number of phenols is 2. The highest BCUT2D eigenvalue weighted by Crippen LogP contribution is 2.58. The van der Waals surface area contributed by atoms with Crippen molar-refractivity contribution in [2.45, 2.75) is 11.5 Å². The number of benzene rings is 3. The van der Waals surface area contributed by atoms with E-state index in [0.29, 0.717) is 22.3 Å². The maximum absolute atomic E-state index is 12.8. The predicted octanol–water partition coefficient (Wildman–Crippen LogP) is 5.71. The lowest BCUT2D eigenvalue weighted by Gasteiger charge is -2.37. The van der Waals surface area contributed by atoms with Crippen molar-refractivity contribution >= 4 is 40.8 Å². The van der Waals surface area contributed by atoms with Crippen LogP contribution in [0.25, 0.3) is 0 Å². The number of ether oxygens (including phenoxy) is 2. The van der Waals surface area contributed by atoms with Gasteiger partial charge in [-0.25, -0.2) is 4.79 Å². The second kappa shape index (κ2) is 6.20. The summed E-state index contributed by atoms with van der Waals surface area (Å²) in [6.45, 7) is 0.